The first-order valence-electron chi connectivity index (χ1n) is 14.1. The van der Waals surface area contributed by atoms with E-state index in [1.165, 1.54) is 66.4 Å². The highest BCUT2D eigenvalue weighted by Crippen LogP contribution is 2.51. The second-order valence-electron chi connectivity index (χ2n) is 10.8. The van der Waals surface area contributed by atoms with E-state index in [-0.39, 0.29) is 11.8 Å². The summed E-state index contributed by atoms with van der Waals surface area (Å²) in [6.07, 6.45) is 4.96. The second-order valence-corrected chi connectivity index (χ2v) is 10.8. The van der Waals surface area contributed by atoms with Gasteiger partial charge in [-0.05, 0) is 66.4 Å². The lowest BCUT2D eigenvalue weighted by Gasteiger charge is -2.32. The first-order chi connectivity index (χ1) is 19.9. The first kappa shape index (κ1) is 23.0. The zero-order chi connectivity index (χ0) is 26.5. The summed E-state index contributed by atoms with van der Waals surface area (Å²) < 4.78 is 0. The van der Waals surface area contributed by atoms with Crippen LogP contribution in [-0.2, 0) is 0 Å². The maximum absolute atomic E-state index is 2.48. The van der Waals surface area contributed by atoms with E-state index in [0.29, 0.717) is 0 Å². The highest BCUT2D eigenvalue weighted by atomic mass is 14.3. The summed E-state index contributed by atoms with van der Waals surface area (Å²) in [5, 5.41) is 2.79. The Morgan fingerprint density at radius 1 is 0.325 bits per heavy atom. The van der Waals surface area contributed by atoms with Gasteiger partial charge in [0.1, 0.15) is 0 Å². The van der Waals surface area contributed by atoms with Crippen LogP contribution in [0.25, 0.3) is 21.9 Å². The lowest BCUT2D eigenvalue weighted by Crippen LogP contribution is -2.13. The molecule has 2 aliphatic carbocycles. The third kappa shape index (κ3) is 3.61. The van der Waals surface area contributed by atoms with E-state index in [4.69, 9.17) is 0 Å². The van der Waals surface area contributed by atoms with Crippen LogP contribution in [0.4, 0.5) is 0 Å². The predicted octanol–water partition coefficient (Wildman–Crippen LogP) is 9.99. The lowest BCUT2D eigenvalue weighted by atomic mass is 9.71. The third-order valence-electron chi connectivity index (χ3n) is 8.63. The van der Waals surface area contributed by atoms with Crippen LogP contribution in [0.2, 0.25) is 0 Å². The standard InChI is InChI=1S/C40H28/c1-5-13-27(14-6-1)35-25-36(28-15-7-2-8-16-28)32-23-24-34-38(30-19-11-4-12-20-30)26-37(29-17-9-3-10-18-29)33-22-21-31(35)39(32)40(33)34/h1-26,35,38H. The summed E-state index contributed by atoms with van der Waals surface area (Å²) in [6, 6.07) is 53.3. The van der Waals surface area contributed by atoms with Gasteiger partial charge in [-0.2, -0.15) is 0 Å². The quantitative estimate of drug-likeness (QED) is 0.222. The SMILES string of the molecule is C1=C(c2ccccc2)c2ccc3c4c(ccc(c24)C1c1ccccc1)C(c1ccccc1)=CC3c1ccccc1. The van der Waals surface area contributed by atoms with Crippen molar-refractivity contribution in [3.8, 4) is 0 Å². The number of hydrogen-bond donors (Lipinski definition) is 0. The molecule has 0 fully saturated rings. The Balaban J connectivity index is 1.47. The number of rotatable bonds is 4. The summed E-state index contributed by atoms with van der Waals surface area (Å²) in [6.45, 7) is 0. The van der Waals surface area contributed by atoms with Crippen LogP contribution in [0, 0.1) is 0 Å². The molecule has 0 saturated carbocycles. The molecule has 0 radical (unpaired) electrons. The molecular formula is C40H28. The number of benzene rings is 6. The third-order valence-corrected chi connectivity index (χ3v) is 8.63. The smallest absolute Gasteiger partial charge is 0.0285 e. The van der Waals surface area contributed by atoms with Crippen molar-refractivity contribution in [1.29, 1.82) is 0 Å². The van der Waals surface area contributed by atoms with Crippen molar-refractivity contribution < 1.29 is 0 Å². The number of hydrogen-bond acceptors (Lipinski definition) is 0. The van der Waals surface area contributed by atoms with Crippen molar-refractivity contribution in [3.05, 3.63) is 202 Å². The molecule has 0 aromatic heterocycles. The average Bonchev–Trinajstić information content (AvgIpc) is 3.04. The van der Waals surface area contributed by atoms with Gasteiger partial charge in [-0.25, -0.2) is 0 Å². The zero-order valence-corrected chi connectivity index (χ0v) is 22.2. The normalized spacial score (nSPS) is 17.3. The van der Waals surface area contributed by atoms with E-state index < -0.39 is 0 Å². The molecule has 8 rings (SSSR count). The first-order valence-corrected chi connectivity index (χ1v) is 14.1. The Morgan fingerprint density at radius 3 is 1.05 bits per heavy atom. The Bertz CT molecular complexity index is 1770. The molecule has 0 N–H and O–H groups in total. The molecule has 6 aromatic rings. The topological polar surface area (TPSA) is 0 Å². The van der Waals surface area contributed by atoms with Crippen molar-refractivity contribution in [2.75, 3.05) is 0 Å². The molecule has 0 heterocycles. The van der Waals surface area contributed by atoms with Crippen LogP contribution in [0.5, 0.6) is 0 Å². The fourth-order valence-electron chi connectivity index (χ4n) is 6.82. The maximum Gasteiger partial charge on any atom is 0.0285 e. The van der Waals surface area contributed by atoms with Gasteiger partial charge in [0.05, 0.1) is 0 Å². The summed E-state index contributed by atoms with van der Waals surface area (Å²) in [7, 11) is 0. The minimum absolute atomic E-state index is 0.189. The molecule has 6 aromatic carbocycles. The summed E-state index contributed by atoms with van der Waals surface area (Å²) in [5.74, 6) is 0.379. The van der Waals surface area contributed by atoms with Gasteiger partial charge in [-0.1, -0.05) is 158 Å². The fourth-order valence-corrected chi connectivity index (χ4v) is 6.82. The second kappa shape index (κ2) is 9.36. The van der Waals surface area contributed by atoms with Gasteiger partial charge >= 0.3 is 0 Å². The minimum atomic E-state index is 0.189. The molecule has 0 bridgehead atoms. The molecule has 0 heteroatoms. The monoisotopic (exact) mass is 508 g/mol. The fraction of sp³-hybridized carbons (Fsp3) is 0.0500. The predicted molar refractivity (Wildman–Crippen MR) is 168 cm³/mol. The molecule has 0 spiro atoms. The highest BCUT2D eigenvalue weighted by Gasteiger charge is 2.31. The van der Waals surface area contributed by atoms with Crippen LogP contribution in [0.1, 0.15) is 56.3 Å². The highest BCUT2D eigenvalue weighted by molar-refractivity contribution is 6.11. The van der Waals surface area contributed by atoms with Gasteiger partial charge < -0.3 is 0 Å². The molecular weight excluding hydrogens is 480 g/mol. The van der Waals surface area contributed by atoms with Gasteiger partial charge in [0.2, 0.25) is 0 Å². The van der Waals surface area contributed by atoms with Crippen molar-refractivity contribution in [3.63, 3.8) is 0 Å². The zero-order valence-electron chi connectivity index (χ0n) is 22.2. The summed E-state index contributed by atoms with van der Waals surface area (Å²) in [5.41, 5.74) is 13.3. The molecule has 0 amide bonds. The summed E-state index contributed by atoms with van der Waals surface area (Å²) in [4.78, 5) is 0. The van der Waals surface area contributed by atoms with Gasteiger partial charge in [0, 0.05) is 11.8 Å². The van der Waals surface area contributed by atoms with E-state index >= 15 is 0 Å². The van der Waals surface area contributed by atoms with E-state index in [1.54, 1.807) is 0 Å². The van der Waals surface area contributed by atoms with E-state index in [0.717, 1.165) is 0 Å². The molecule has 2 atom stereocenters. The minimum Gasteiger partial charge on any atom is -0.0641 e. The molecule has 2 unspecified atom stereocenters. The largest absolute Gasteiger partial charge is 0.0641 e. The van der Waals surface area contributed by atoms with E-state index in [9.17, 15) is 0 Å². The average molecular weight is 509 g/mol. The van der Waals surface area contributed by atoms with E-state index in [1.807, 2.05) is 0 Å². The molecule has 188 valence electrons. The van der Waals surface area contributed by atoms with E-state index in [2.05, 4.69) is 158 Å². The van der Waals surface area contributed by atoms with Crippen molar-refractivity contribution in [2.45, 2.75) is 11.8 Å². The Hall–Kier alpha value is -4.94. The lowest BCUT2D eigenvalue weighted by molar-refractivity contribution is 1.01. The Morgan fingerprint density at radius 2 is 0.675 bits per heavy atom. The van der Waals surface area contributed by atoms with Gasteiger partial charge in [-0.3, -0.25) is 0 Å². The molecule has 40 heavy (non-hydrogen) atoms. The van der Waals surface area contributed by atoms with Gasteiger partial charge in [-0.15, -0.1) is 0 Å². The molecule has 2 aliphatic rings. The Kier molecular flexibility index (Phi) is 5.38. The molecule has 0 aliphatic heterocycles. The molecule has 0 nitrogen and oxygen atoms in total. The van der Waals surface area contributed by atoms with Gasteiger partial charge in [0.15, 0.2) is 0 Å². The van der Waals surface area contributed by atoms with Crippen molar-refractivity contribution in [2.24, 2.45) is 0 Å². The van der Waals surface area contributed by atoms with Crippen molar-refractivity contribution >= 4 is 21.9 Å². The summed E-state index contributed by atoms with van der Waals surface area (Å²) >= 11 is 0. The van der Waals surface area contributed by atoms with Crippen molar-refractivity contribution in [1.82, 2.24) is 0 Å². The maximum atomic E-state index is 2.48. The molecule has 0 saturated heterocycles. The van der Waals surface area contributed by atoms with Crippen LogP contribution < -0.4 is 0 Å². The van der Waals surface area contributed by atoms with Crippen LogP contribution in [0.3, 0.4) is 0 Å². The van der Waals surface area contributed by atoms with Crippen LogP contribution >= 0.6 is 0 Å². The Labute approximate surface area is 235 Å². The number of allylic oxidation sites excluding steroid dienone is 2. The van der Waals surface area contributed by atoms with Crippen LogP contribution in [0.15, 0.2) is 158 Å². The van der Waals surface area contributed by atoms with Crippen LogP contribution in [-0.4, -0.2) is 0 Å². The van der Waals surface area contributed by atoms with Gasteiger partial charge in [0.25, 0.3) is 0 Å².